The monoisotopic (exact) mass is 252 g/mol. The van der Waals surface area contributed by atoms with Crippen LogP contribution in [0.4, 0.5) is 0 Å². The summed E-state index contributed by atoms with van der Waals surface area (Å²) in [4.78, 5) is 0. The van der Waals surface area contributed by atoms with Crippen molar-refractivity contribution >= 4 is 11.6 Å². The molecule has 0 atom stereocenters. The average molecular weight is 253 g/mol. The smallest absolute Gasteiger partial charge is 0.122 e. The third-order valence-corrected chi connectivity index (χ3v) is 3.56. The summed E-state index contributed by atoms with van der Waals surface area (Å²) in [5.74, 6) is 1.77. The highest BCUT2D eigenvalue weighted by Crippen LogP contribution is 2.36. The van der Waals surface area contributed by atoms with Crippen molar-refractivity contribution in [2.75, 3.05) is 6.61 Å². The van der Waals surface area contributed by atoms with E-state index in [2.05, 4.69) is 33.8 Å². The minimum Gasteiger partial charge on any atom is -0.493 e. The molecule has 17 heavy (non-hydrogen) atoms. The van der Waals surface area contributed by atoms with E-state index in [4.69, 9.17) is 16.3 Å². The Morgan fingerprint density at radius 2 is 1.94 bits per heavy atom. The second-order valence-corrected chi connectivity index (χ2v) is 6.51. The predicted octanol–water partition coefficient (Wildman–Crippen LogP) is 4.73. The van der Waals surface area contributed by atoms with Gasteiger partial charge in [-0.05, 0) is 54.4 Å². The maximum Gasteiger partial charge on any atom is 0.122 e. The SMILES string of the molecule is Cc1cc(Cl)c(C(C)(C)C)cc1OCC1CC1. The summed E-state index contributed by atoms with van der Waals surface area (Å²) in [5, 5.41) is 0.841. The predicted molar refractivity (Wildman–Crippen MR) is 73.1 cm³/mol. The molecule has 0 bridgehead atoms. The quantitative estimate of drug-likeness (QED) is 0.755. The fourth-order valence-corrected chi connectivity index (χ4v) is 2.38. The molecule has 0 aliphatic heterocycles. The second kappa shape index (κ2) is 4.53. The molecule has 0 spiro atoms. The van der Waals surface area contributed by atoms with Crippen LogP contribution >= 0.6 is 11.6 Å². The Morgan fingerprint density at radius 1 is 1.29 bits per heavy atom. The van der Waals surface area contributed by atoms with E-state index in [1.165, 1.54) is 12.8 Å². The van der Waals surface area contributed by atoms with Crippen molar-refractivity contribution in [3.63, 3.8) is 0 Å². The average Bonchev–Trinajstić information content (AvgIpc) is 2.98. The molecule has 1 aromatic rings. The van der Waals surface area contributed by atoms with E-state index in [9.17, 15) is 0 Å². The lowest BCUT2D eigenvalue weighted by atomic mass is 9.86. The van der Waals surface area contributed by atoms with Gasteiger partial charge in [-0.25, -0.2) is 0 Å². The Morgan fingerprint density at radius 3 is 2.47 bits per heavy atom. The number of hydrogen-bond acceptors (Lipinski definition) is 1. The standard InChI is InChI=1S/C15H21ClO/c1-10-7-13(16)12(15(2,3)4)8-14(10)17-9-11-5-6-11/h7-8,11H,5-6,9H2,1-4H3. The van der Waals surface area contributed by atoms with E-state index < -0.39 is 0 Å². The van der Waals surface area contributed by atoms with Gasteiger partial charge < -0.3 is 4.74 Å². The van der Waals surface area contributed by atoms with Gasteiger partial charge in [0.05, 0.1) is 6.61 Å². The minimum atomic E-state index is 0.0580. The van der Waals surface area contributed by atoms with Gasteiger partial charge in [-0.2, -0.15) is 0 Å². The van der Waals surface area contributed by atoms with E-state index in [1.54, 1.807) is 0 Å². The van der Waals surface area contributed by atoms with Gasteiger partial charge in [-0.3, -0.25) is 0 Å². The molecular weight excluding hydrogens is 232 g/mol. The maximum atomic E-state index is 6.31. The lowest BCUT2D eigenvalue weighted by Gasteiger charge is -2.22. The normalized spacial score (nSPS) is 16.1. The molecule has 2 heteroatoms. The van der Waals surface area contributed by atoms with Crippen LogP contribution in [-0.2, 0) is 5.41 Å². The summed E-state index contributed by atoms with van der Waals surface area (Å²) in [5.41, 5.74) is 2.35. The summed E-state index contributed by atoms with van der Waals surface area (Å²) >= 11 is 6.31. The van der Waals surface area contributed by atoms with E-state index >= 15 is 0 Å². The topological polar surface area (TPSA) is 9.23 Å². The lowest BCUT2D eigenvalue weighted by Crippen LogP contribution is -2.13. The van der Waals surface area contributed by atoms with Crippen LogP contribution in [0.2, 0.25) is 5.02 Å². The first-order valence-corrected chi connectivity index (χ1v) is 6.69. The number of hydrogen-bond donors (Lipinski definition) is 0. The summed E-state index contributed by atoms with van der Waals surface area (Å²) in [7, 11) is 0. The molecule has 0 heterocycles. The van der Waals surface area contributed by atoms with Crippen molar-refractivity contribution in [2.45, 2.75) is 46.0 Å². The molecular formula is C15H21ClO. The van der Waals surface area contributed by atoms with Crippen LogP contribution in [0, 0.1) is 12.8 Å². The van der Waals surface area contributed by atoms with Gasteiger partial charge in [0.1, 0.15) is 5.75 Å². The van der Waals surface area contributed by atoms with Crippen LogP contribution in [0.3, 0.4) is 0 Å². The third kappa shape index (κ3) is 3.16. The Balaban J connectivity index is 2.24. The van der Waals surface area contributed by atoms with Crippen molar-refractivity contribution in [2.24, 2.45) is 5.92 Å². The molecule has 0 aromatic heterocycles. The van der Waals surface area contributed by atoms with Crippen molar-refractivity contribution < 1.29 is 4.74 Å². The molecule has 0 unspecified atom stereocenters. The Hall–Kier alpha value is -0.690. The summed E-state index contributed by atoms with van der Waals surface area (Å²) in [6.07, 6.45) is 2.64. The number of ether oxygens (including phenoxy) is 1. The van der Waals surface area contributed by atoms with Crippen molar-refractivity contribution in [3.8, 4) is 5.75 Å². The molecule has 0 saturated heterocycles. The van der Waals surface area contributed by atoms with E-state index in [0.29, 0.717) is 0 Å². The number of aryl methyl sites for hydroxylation is 1. The van der Waals surface area contributed by atoms with Gasteiger partial charge in [0.15, 0.2) is 0 Å². The fraction of sp³-hybridized carbons (Fsp3) is 0.600. The first-order chi connectivity index (χ1) is 7.88. The molecule has 1 fully saturated rings. The lowest BCUT2D eigenvalue weighted by molar-refractivity contribution is 0.297. The van der Waals surface area contributed by atoms with Crippen molar-refractivity contribution in [1.82, 2.24) is 0 Å². The Labute approximate surface area is 109 Å². The van der Waals surface area contributed by atoms with Crippen LogP contribution in [0.1, 0.15) is 44.7 Å². The first kappa shape index (κ1) is 12.8. The summed E-state index contributed by atoms with van der Waals surface area (Å²) in [6, 6.07) is 4.13. The van der Waals surface area contributed by atoms with Crippen LogP contribution < -0.4 is 4.74 Å². The van der Waals surface area contributed by atoms with Gasteiger partial charge in [-0.15, -0.1) is 0 Å². The zero-order valence-corrected chi connectivity index (χ0v) is 11.9. The van der Waals surface area contributed by atoms with Crippen molar-refractivity contribution in [3.05, 3.63) is 28.3 Å². The summed E-state index contributed by atoms with van der Waals surface area (Å²) < 4.78 is 5.89. The highest BCUT2D eigenvalue weighted by molar-refractivity contribution is 6.31. The van der Waals surface area contributed by atoms with Gasteiger partial charge in [-0.1, -0.05) is 32.4 Å². The molecule has 1 aliphatic carbocycles. The molecule has 0 amide bonds. The van der Waals surface area contributed by atoms with Crippen LogP contribution in [0.5, 0.6) is 5.75 Å². The second-order valence-electron chi connectivity index (χ2n) is 6.10. The molecule has 0 radical (unpaired) electrons. The van der Waals surface area contributed by atoms with Gasteiger partial charge in [0, 0.05) is 5.02 Å². The van der Waals surface area contributed by atoms with E-state index in [-0.39, 0.29) is 5.41 Å². The number of halogens is 1. The van der Waals surface area contributed by atoms with Crippen LogP contribution in [0.15, 0.2) is 12.1 Å². The first-order valence-electron chi connectivity index (χ1n) is 6.31. The molecule has 0 N–H and O–H groups in total. The largest absolute Gasteiger partial charge is 0.493 e. The molecule has 2 rings (SSSR count). The fourth-order valence-electron chi connectivity index (χ4n) is 1.88. The summed E-state index contributed by atoms with van der Waals surface area (Å²) in [6.45, 7) is 9.43. The molecule has 1 aliphatic rings. The highest BCUT2D eigenvalue weighted by Gasteiger charge is 2.23. The zero-order valence-electron chi connectivity index (χ0n) is 11.1. The molecule has 1 aromatic carbocycles. The molecule has 1 saturated carbocycles. The van der Waals surface area contributed by atoms with Crippen LogP contribution in [-0.4, -0.2) is 6.61 Å². The Kier molecular flexibility index (Phi) is 3.40. The number of rotatable bonds is 3. The van der Waals surface area contributed by atoms with Gasteiger partial charge >= 0.3 is 0 Å². The Bertz CT molecular complexity index is 414. The van der Waals surface area contributed by atoms with Gasteiger partial charge in [0.2, 0.25) is 0 Å². The third-order valence-electron chi connectivity index (χ3n) is 3.24. The molecule has 94 valence electrons. The van der Waals surface area contributed by atoms with E-state index in [1.807, 2.05) is 6.07 Å². The van der Waals surface area contributed by atoms with Crippen LogP contribution in [0.25, 0.3) is 0 Å². The zero-order chi connectivity index (χ0) is 12.6. The van der Waals surface area contributed by atoms with Gasteiger partial charge in [0.25, 0.3) is 0 Å². The molecule has 1 nitrogen and oxygen atoms in total. The van der Waals surface area contributed by atoms with Crippen molar-refractivity contribution in [1.29, 1.82) is 0 Å². The highest BCUT2D eigenvalue weighted by atomic mass is 35.5. The number of benzene rings is 1. The maximum absolute atomic E-state index is 6.31. The minimum absolute atomic E-state index is 0.0580. The van der Waals surface area contributed by atoms with E-state index in [0.717, 1.165) is 34.4 Å².